The number of pyridine rings is 1. The van der Waals surface area contributed by atoms with Crippen molar-refractivity contribution in [1.29, 1.82) is 0 Å². The van der Waals surface area contributed by atoms with Crippen LogP contribution < -0.4 is 5.73 Å². The first kappa shape index (κ1) is 8.94. The van der Waals surface area contributed by atoms with Gasteiger partial charge >= 0.3 is 0 Å². The number of hydrogen-bond donors (Lipinski definition) is 1. The minimum Gasteiger partial charge on any atom is -0.322 e. The molecule has 0 amide bonds. The molecule has 0 bridgehead atoms. The lowest BCUT2D eigenvalue weighted by Gasteiger charge is -2.07. The molecule has 0 spiro atoms. The fourth-order valence-electron chi connectivity index (χ4n) is 1.06. The average Bonchev–Trinajstić information content (AvgIpc) is 2.05. The number of rotatable bonds is 3. The molecule has 1 atom stereocenters. The predicted octanol–water partition coefficient (Wildman–Crippen LogP) is 1.97. The van der Waals surface area contributed by atoms with Gasteiger partial charge in [-0.2, -0.15) is 0 Å². The summed E-state index contributed by atoms with van der Waals surface area (Å²) in [5, 5.41) is 0. The van der Waals surface area contributed by atoms with E-state index in [1.807, 2.05) is 25.1 Å². The van der Waals surface area contributed by atoms with Gasteiger partial charge in [-0.3, -0.25) is 4.98 Å². The van der Waals surface area contributed by atoms with Crippen molar-refractivity contribution in [2.75, 3.05) is 0 Å². The molecule has 1 rings (SSSR count). The van der Waals surface area contributed by atoms with E-state index in [2.05, 4.69) is 11.6 Å². The van der Waals surface area contributed by atoms with Gasteiger partial charge in [-0.25, -0.2) is 0 Å². The SMILES string of the molecule is C=CC[C@@H](N)c1cc(C)ccn1. The minimum atomic E-state index is -0.0117. The van der Waals surface area contributed by atoms with Gasteiger partial charge in [0.05, 0.1) is 11.7 Å². The van der Waals surface area contributed by atoms with Crippen LogP contribution in [0, 0.1) is 6.92 Å². The van der Waals surface area contributed by atoms with Gasteiger partial charge in [0.15, 0.2) is 0 Å². The first-order valence-corrected chi connectivity index (χ1v) is 4.03. The van der Waals surface area contributed by atoms with Gasteiger partial charge in [-0.1, -0.05) is 6.08 Å². The summed E-state index contributed by atoms with van der Waals surface area (Å²) in [6.07, 6.45) is 4.37. The average molecular weight is 162 g/mol. The number of nitrogens with zero attached hydrogens (tertiary/aromatic N) is 1. The van der Waals surface area contributed by atoms with Gasteiger partial charge < -0.3 is 5.73 Å². The minimum absolute atomic E-state index is 0.0117. The van der Waals surface area contributed by atoms with Gasteiger partial charge in [0, 0.05) is 6.20 Å². The molecule has 64 valence electrons. The predicted molar refractivity (Wildman–Crippen MR) is 50.7 cm³/mol. The Kier molecular flexibility index (Phi) is 3.00. The fourth-order valence-corrected chi connectivity index (χ4v) is 1.06. The molecule has 1 aromatic rings. The van der Waals surface area contributed by atoms with E-state index < -0.39 is 0 Å². The molecule has 0 radical (unpaired) electrons. The van der Waals surface area contributed by atoms with E-state index in [4.69, 9.17) is 5.73 Å². The van der Waals surface area contributed by atoms with E-state index in [-0.39, 0.29) is 6.04 Å². The molecule has 0 aromatic carbocycles. The van der Waals surface area contributed by atoms with Crippen LogP contribution in [0.25, 0.3) is 0 Å². The molecule has 0 aliphatic carbocycles. The van der Waals surface area contributed by atoms with Crippen LogP contribution in [0.15, 0.2) is 31.0 Å². The van der Waals surface area contributed by atoms with Crippen LogP contribution >= 0.6 is 0 Å². The van der Waals surface area contributed by atoms with E-state index in [1.165, 1.54) is 5.56 Å². The Bertz CT molecular complexity index is 268. The van der Waals surface area contributed by atoms with Crippen molar-refractivity contribution in [3.63, 3.8) is 0 Å². The molecule has 12 heavy (non-hydrogen) atoms. The molecule has 2 nitrogen and oxygen atoms in total. The first-order chi connectivity index (χ1) is 5.74. The Hall–Kier alpha value is -1.15. The fraction of sp³-hybridized carbons (Fsp3) is 0.300. The zero-order valence-electron chi connectivity index (χ0n) is 7.33. The number of aromatic nitrogens is 1. The van der Waals surface area contributed by atoms with E-state index in [0.29, 0.717) is 0 Å². The standard InChI is InChI=1S/C10H14N2/c1-3-4-9(11)10-7-8(2)5-6-12-10/h3,5-7,9H,1,4,11H2,2H3/t9-/m1/s1. The monoisotopic (exact) mass is 162 g/mol. The van der Waals surface area contributed by atoms with Crippen LogP contribution in [0.2, 0.25) is 0 Å². The van der Waals surface area contributed by atoms with E-state index in [1.54, 1.807) is 6.20 Å². The maximum Gasteiger partial charge on any atom is 0.0576 e. The van der Waals surface area contributed by atoms with Crippen LogP contribution in [0.1, 0.15) is 23.7 Å². The lowest BCUT2D eigenvalue weighted by molar-refractivity contribution is 0.713. The zero-order chi connectivity index (χ0) is 8.97. The normalized spacial score (nSPS) is 12.5. The van der Waals surface area contributed by atoms with Crippen molar-refractivity contribution < 1.29 is 0 Å². The summed E-state index contributed by atoms with van der Waals surface area (Å²) in [7, 11) is 0. The van der Waals surface area contributed by atoms with Crippen LogP contribution in [0.3, 0.4) is 0 Å². The van der Waals surface area contributed by atoms with E-state index in [0.717, 1.165) is 12.1 Å². The third-order valence-corrected chi connectivity index (χ3v) is 1.74. The van der Waals surface area contributed by atoms with Crippen molar-refractivity contribution >= 4 is 0 Å². The van der Waals surface area contributed by atoms with Gasteiger partial charge in [0.1, 0.15) is 0 Å². The molecule has 2 N–H and O–H groups in total. The Morgan fingerprint density at radius 3 is 3.08 bits per heavy atom. The molecule has 0 unspecified atom stereocenters. The Labute approximate surface area is 73.1 Å². The molecule has 0 saturated carbocycles. The molecular formula is C10H14N2. The second kappa shape index (κ2) is 4.02. The van der Waals surface area contributed by atoms with Crippen molar-refractivity contribution in [3.05, 3.63) is 42.2 Å². The Morgan fingerprint density at radius 1 is 1.75 bits per heavy atom. The maximum absolute atomic E-state index is 5.84. The second-order valence-electron chi connectivity index (χ2n) is 2.89. The third kappa shape index (κ3) is 2.17. The molecule has 0 aliphatic rings. The first-order valence-electron chi connectivity index (χ1n) is 4.03. The molecule has 0 aliphatic heterocycles. The van der Waals surface area contributed by atoms with Crippen molar-refractivity contribution in [2.45, 2.75) is 19.4 Å². The highest BCUT2D eigenvalue weighted by Crippen LogP contribution is 2.12. The highest BCUT2D eigenvalue weighted by molar-refractivity contribution is 5.17. The van der Waals surface area contributed by atoms with Crippen molar-refractivity contribution in [3.8, 4) is 0 Å². The topological polar surface area (TPSA) is 38.9 Å². The lowest BCUT2D eigenvalue weighted by Crippen LogP contribution is -2.10. The number of aryl methyl sites for hydroxylation is 1. The summed E-state index contributed by atoms with van der Waals surface area (Å²) in [4.78, 5) is 4.19. The van der Waals surface area contributed by atoms with Crippen LogP contribution in [0.5, 0.6) is 0 Å². The summed E-state index contributed by atoms with van der Waals surface area (Å²) in [5.74, 6) is 0. The Morgan fingerprint density at radius 2 is 2.50 bits per heavy atom. The molecular weight excluding hydrogens is 148 g/mol. The molecule has 1 heterocycles. The van der Waals surface area contributed by atoms with Crippen molar-refractivity contribution in [1.82, 2.24) is 4.98 Å². The van der Waals surface area contributed by atoms with E-state index in [9.17, 15) is 0 Å². The van der Waals surface area contributed by atoms with Gasteiger partial charge in [-0.15, -0.1) is 6.58 Å². The highest BCUT2D eigenvalue weighted by atomic mass is 14.8. The molecule has 2 heteroatoms. The number of nitrogens with two attached hydrogens (primary N) is 1. The zero-order valence-corrected chi connectivity index (χ0v) is 7.33. The van der Waals surface area contributed by atoms with E-state index >= 15 is 0 Å². The lowest BCUT2D eigenvalue weighted by atomic mass is 10.1. The quantitative estimate of drug-likeness (QED) is 0.690. The van der Waals surface area contributed by atoms with Crippen LogP contribution in [-0.4, -0.2) is 4.98 Å². The summed E-state index contributed by atoms with van der Waals surface area (Å²) < 4.78 is 0. The number of hydrogen-bond acceptors (Lipinski definition) is 2. The Balaban J connectivity index is 2.80. The highest BCUT2D eigenvalue weighted by Gasteiger charge is 2.03. The van der Waals surface area contributed by atoms with Crippen LogP contribution in [-0.2, 0) is 0 Å². The second-order valence-corrected chi connectivity index (χ2v) is 2.89. The summed E-state index contributed by atoms with van der Waals surface area (Å²) in [6, 6.07) is 3.96. The summed E-state index contributed by atoms with van der Waals surface area (Å²) in [5.41, 5.74) is 7.97. The van der Waals surface area contributed by atoms with Crippen LogP contribution in [0.4, 0.5) is 0 Å². The summed E-state index contributed by atoms with van der Waals surface area (Å²) >= 11 is 0. The maximum atomic E-state index is 5.84. The van der Waals surface area contributed by atoms with Gasteiger partial charge in [0.2, 0.25) is 0 Å². The van der Waals surface area contributed by atoms with Gasteiger partial charge in [-0.05, 0) is 31.0 Å². The largest absolute Gasteiger partial charge is 0.322 e. The third-order valence-electron chi connectivity index (χ3n) is 1.74. The molecule has 0 fully saturated rings. The smallest absolute Gasteiger partial charge is 0.0576 e. The molecule has 1 aromatic heterocycles. The molecule has 0 saturated heterocycles. The summed E-state index contributed by atoms with van der Waals surface area (Å²) in [6.45, 7) is 5.67. The van der Waals surface area contributed by atoms with Gasteiger partial charge in [0.25, 0.3) is 0 Å². The van der Waals surface area contributed by atoms with Crippen molar-refractivity contribution in [2.24, 2.45) is 5.73 Å².